The van der Waals surface area contributed by atoms with Crippen LogP contribution in [0, 0.1) is 0 Å². The molecule has 1 aliphatic heterocycles. The number of amides is 1. The van der Waals surface area contributed by atoms with Gasteiger partial charge in [-0.15, -0.1) is 0 Å². The highest BCUT2D eigenvalue weighted by atomic mass is 19.3. The summed E-state index contributed by atoms with van der Waals surface area (Å²) in [7, 11) is 0. The lowest BCUT2D eigenvalue weighted by Gasteiger charge is -2.18. The number of halogens is 2. The molecule has 0 radical (unpaired) electrons. The van der Waals surface area contributed by atoms with E-state index >= 15 is 0 Å². The number of nitrogens with one attached hydrogen (secondary N) is 2. The second kappa shape index (κ2) is 8.08. The highest BCUT2D eigenvalue weighted by molar-refractivity contribution is 5.76. The van der Waals surface area contributed by atoms with E-state index in [1.807, 2.05) is 0 Å². The molecule has 0 spiro atoms. The minimum absolute atomic E-state index is 0.0759. The molecule has 2 atom stereocenters. The van der Waals surface area contributed by atoms with Crippen LogP contribution in [0.3, 0.4) is 0 Å². The number of carbonyl (C=O) groups is 1. The number of hydrogen-bond acceptors (Lipinski definition) is 3. The Kier molecular flexibility index (Phi) is 6.12. The van der Waals surface area contributed by atoms with Gasteiger partial charge in [0.15, 0.2) is 0 Å². The normalized spacial score (nSPS) is 19.2. The monoisotopic (exact) mass is 312 g/mol. The zero-order valence-corrected chi connectivity index (χ0v) is 12.6. The van der Waals surface area contributed by atoms with E-state index in [9.17, 15) is 13.6 Å². The van der Waals surface area contributed by atoms with Gasteiger partial charge in [0, 0.05) is 18.0 Å². The second-order valence-electron chi connectivity index (χ2n) is 5.54. The fourth-order valence-corrected chi connectivity index (χ4v) is 2.74. The summed E-state index contributed by atoms with van der Waals surface area (Å²) in [5, 5.41) is 6.19. The lowest BCUT2D eigenvalue weighted by Crippen LogP contribution is -2.29. The Morgan fingerprint density at radius 3 is 2.91 bits per heavy atom. The quantitative estimate of drug-likeness (QED) is 0.814. The van der Waals surface area contributed by atoms with Crippen LogP contribution in [0.15, 0.2) is 24.3 Å². The molecular weight excluding hydrogens is 290 g/mol. The summed E-state index contributed by atoms with van der Waals surface area (Å²) in [5.41, 5.74) is 0.551. The van der Waals surface area contributed by atoms with Crippen LogP contribution in [0.4, 0.5) is 8.78 Å². The van der Waals surface area contributed by atoms with Gasteiger partial charge in [-0.1, -0.05) is 18.2 Å². The predicted molar refractivity (Wildman–Crippen MR) is 79.9 cm³/mol. The van der Waals surface area contributed by atoms with Crippen molar-refractivity contribution < 1.29 is 18.3 Å². The third kappa shape index (κ3) is 4.94. The highest BCUT2D eigenvalue weighted by Crippen LogP contribution is 2.26. The molecular formula is C16H22F2N2O2. The summed E-state index contributed by atoms with van der Waals surface area (Å²) in [4.78, 5) is 12.0. The fourth-order valence-electron chi connectivity index (χ4n) is 2.74. The first-order valence-corrected chi connectivity index (χ1v) is 7.62. The number of hydrogen-bond donors (Lipinski definition) is 2. The van der Waals surface area contributed by atoms with Crippen molar-refractivity contribution in [2.75, 3.05) is 6.54 Å². The van der Waals surface area contributed by atoms with Crippen LogP contribution in [-0.2, 0) is 4.79 Å². The first-order chi connectivity index (χ1) is 10.6. The van der Waals surface area contributed by atoms with Crippen molar-refractivity contribution in [3.63, 3.8) is 0 Å². The van der Waals surface area contributed by atoms with Gasteiger partial charge < -0.3 is 15.4 Å². The topological polar surface area (TPSA) is 50.4 Å². The number of rotatable bonds is 7. The zero-order chi connectivity index (χ0) is 15.9. The summed E-state index contributed by atoms with van der Waals surface area (Å²) in [6.07, 6.45) is 3.49. The first-order valence-electron chi connectivity index (χ1n) is 7.62. The fraction of sp³-hybridized carbons (Fsp3) is 0.562. The molecule has 4 nitrogen and oxygen atoms in total. The van der Waals surface area contributed by atoms with E-state index < -0.39 is 6.61 Å². The maximum atomic E-state index is 12.4. The molecule has 0 aliphatic carbocycles. The Balaban J connectivity index is 1.87. The molecule has 0 saturated carbocycles. The van der Waals surface area contributed by atoms with Crippen molar-refractivity contribution in [3.05, 3.63) is 29.8 Å². The van der Waals surface area contributed by atoms with E-state index in [0.29, 0.717) is 18.0 Å². The van der Waals surface area contributed by atoms with E-state index in [1.54, 1.807) is 25.1 Å². The van der Waals surface area contributed by atoms with Crippen molar-refractivity contribution in [2.45, 2.75) is 51.3 Å². The van der Waals surface area contributed by atoms with E-state index in [0.717, 1.165) is 25.8 Å². The average Bonchev–Trinajstić information content (AvgIpc) is 2.98. The van der Waals surface area contributed by atoms with Crippen LogP contribution in [0.1, 0.15) is 44.2 Å². The highest BCUT2D eigenvalue weighted by Gasteiger charge is 2.18. The van der Waals surface area contributed by atoms with Gasteiger partial charge in [0.1, 0.15) is 5.75 Å². The summed E-state index contributed by atoms with van der Waals surface area (Å²) < 4.78 is 29.3. The Labute approximate surface area is 129 Å². The summed E-state index contributed by atoms with van der Waals surface area (Å²) in [5.74, 6) is 0.0239. The molecule has 1 amide bonds. The summed E-state index contributed by atoms with van der Waals surface area (Å²) in [6, 6.07) is 6.56. The largest absolute Gasteiger partial charge is 0.434 e. The van der Waals surface area contributed by atoms with Gasteiger partial charge in [0.25, 0.3) is 0 Å². The second-order valence-corrected chi connectivity index (χ2v) is 5.54. The van der Waals surface area contributed by atoms with Gasteiger partial charge in [-0.2, -0.15) is 8.78 Å². The van der Waals surface area contributed by atoms with Gasteiger partial charge in [-0.3, -0.25) is 4.79 Å². The van der Waals surface area contributed by atoms with Crippen LogP contribution >= 0.6 is 0 Å². The van der Waals surface area contributed by atoms with Crippen LogP contribution in [0.2, 0.25) is 0 Å². The third-order valence-corrected chi connectivity index (χ3v) is 3.86. The number of carbonyl (C=O) groups excluding carboxylic acids is 1. The number of ether oxygens (including phenoxy) is 1. The van der Waals surface area contributed by atoms with Gasteiger partial charge >= 0.3 is 6.61 Å². The summed E-state index contributed by atoms with van der Waals surface area (Å²) >= 11 is 0. The minimum Gasteiger partial charge on any atom is -0.434 e. The standard InChI is InChI=1S/C16H22F2N2O2/c1-11(13-6-2-3-7-14(13)22-16(17)18)20-15(21)9-8-12-5-4-10-19-12/h2-3,6-7,11-12,16,19H,4-5,8-10H2,1H3,(H,20,21). The van der Waals surface area contributed by atoms with Gasteiger partial charge in [0.2, 0.25) is 5.91 Å². The zero-order valence-electron chi connectivity index (χ0n) is 12.6. The molecule has 122 valence electrons. The molecule has 1 aliphatic rings. The molecule has 6 heteroatoms. The molecule has 2 N–H and O–H groups in total. The number of para-hydroxylation sites is 1. The molecule has 0 aromatic heterocycles. The lowest BCUT2D eigenvalue weighted by molar-refractivity contribution is -0.121. The molecule has 2 rings (SSSR count). The average molecular weight is 312 g/mol. The van der Waals surface area contributed by atoms with E-state index in [-0.39, 0.29) is 17.7 Å². The van der Waals surface area contributed by atoms with Gasteiger partial charge in [-0.05, 0) is 38.8 Å². The Bertz CT molecular complexity index is 491. The van der Waals surface area contributed by atoms with Crippen molar-refractivity contribution in [3.8, 4) is 5.75 Å². The Morgan fingerprint density at radius 2 is 2.23 bits per heavy atom. The van der Waals surface area contributed by atoms with E-state index in [4.69, 9.17) is 0 Å². The minimum atomic E-state index is -2.88. The van der Waals surface area contributed by atoms with Crippen LogP contribution in [0.25, 0.3) is 0 Å². The first kappa shape index (κ1) is 16.7. The van der Waals surface area contributed by atoms with E-state index in [2.05, 4.69) is 15.4 Å². The van der Waals surface area contributed by atoms with E-state index in [1.165, 1.54) is 6.07 Å². The molecule has 1 heterocycles. The SMILES string of the molecule is CC(NC(=O)CCC1CCCN1)c1ccccc1OC(F)F. The van der Waals surface area contributed by atoms with Crippen LogP contribution in [0.5, 0.6) is 5.75 Å². The Morgan fingerprint density at radius 1 is 1.45 bits per heavy atom. The van der Waals surface area contributed by atoms with Crippen molar-refractivity contribution >= 4 is 5.91 Å². The smallest absolute Gasteiger partial charge is 0.387 e. The maximum Gasteiger partial charge on any atom is 0.387 e. The van der Waals surface area contributed by atoms with Crippen molar-refractivity contribution in [2.24, 2.45) is 0 Å². The summed E-state index contributed by atoms with van der Waals surface area (Å²) in [6.45, 7) is -0.0991. The predicted octanol–water partition coefficient (Wildman–Crippen LogP) is 3.00. The molecule has 22 heavy (non-hydrogen) atoms. The third-order valence-electron chi connectivity index (χ3n) is 3.86. The van der Waals surface area contributed by atoms with Gasteiger partial charge in [0.05, 0.1) is 6.04 Å². The molecule has 1 saturated heterocycles. The number of alkyl halides is 2. The van der Waals surface area contributed by atoms with Crippen LogP contribution in [-0.4, -0.2) is 25.1 Å². The molecule has 1 fully saturated rings. The lowest BCUT2D eigenvalue weighted by atomic mass is 10.1. The molecule has 2 unspecified atom stereocenters. The van der Waals surface area contributed by atoms with Crippen molar-refractivity contribution in [1.82, 2.24) is 10.6 Å². The molecule has 1 aromatic carbocycles. The van der Waals surface area contributed by atoms with Crippen molar-refractivity contribution in [1.29, 1.82) is 0 Å². The van der Waals surface area contributed by atoms with Crippen LogP contribution < -0.4 is 15.4 Å². The molecule has 1 aromatic rings. The Hall–Kier alpha value is -1.69. The molecule has 0 bridgehead atoms. The maximum absolute atomic E-state index is 12.4. The number of benzene rings is 1. The van der Waals surface area contributed by atoms with Gasteiger partial charge in [-0.25, -0.2) is 0 Å².